The molecule has 2 heteroatoms. The number of ketones is 1. The summed E-state index contributed by atoms with van der Waals surface area (Å²) in [7, 11) is 0. The van der Waals surface area contributed by atoms with Crippen molar-refractivity contribution in [2.24, 2.45) is 0 Å². The number of carbonyl (C=O) groups is 1. The second-order valence-corrected chi connectivity index (χ2v) is 2.48. The first-order chi connectivity index (χ1) is 5.70. The van der Waals surface area contributed by atoms with Gasteiger partial charge in [0.15, 0.2) is 0 Å². The number of carbonyl (C=O) groups excluding carboxylic acids is 1. The van der Waals surface area contributed by atoms with Crippen molar-refractivity contribution >= 4 is 5.78 Å². The van der Waals surface area contributed by atoms with Crippen LogP contribution in [0.2, 0.25) is 0 Å². The van der Waals surface area contributed by atoms with Crippen molar-refractivity contribution in [3.63, 3.8) is 0 Å². The molecule has 1 N–H and O–H groups in total. The minimum absolute atomic E-state index is 0.131. The summed E-state index contributed by atoms with van der Waals surface area (Å²) in [6, 6.07) is 0. The van der Waals surface area contributed by atoms with Crippen LogP contribution in [-0.4, -0.2) is 12.3 Å². The summed E-state index contributed by atoms with van der Waals surface area (Å²) in [5, 5.41) is 2.95. The number of hydrogen-bond donors (Lipinski definition) is 1. The predicted molar refractivity (Wildman–Crippen MR) is 51.8 cm³/mol. The highest BCUT2D eigenvalue weighted by Crippen LogP contribution is 1.97. The fourth-order valence-corrected chi connectivity index (χ4v) is 0.750. The molecule has 0 aliphatic rings. The lowest BCUT2D eigenvalue weighted by molar-refractivity contribution is -0.117. The van der Waals surface area contributed by atoms with E-state index in [4.69, 9.17) is 0 Å². The first-order valence-electron chi connectivity index (χ1n) is 3.85. The van der Waals surface area contributed by atoms with E-state index >= 15 is 0 Å². The first-order valence-corrected chi connectivity index (χ1v) is 3.85. The third kappa shape index (κ3) is 5.47. The van der Waals surface area contributed by atoms with Gasteiger partial charge >= 0.3 is 0 Å². The van der Waals surface area contributed by atoms with Gasteiger partial charge in [0, 0.05) is 25.1 Å². The summed E-state index contributed by atoms with van der Waals surface area (Å²) in [6.45, 7) is 11.4. The van der Waals surface area contributed by atoms with Crippen LogP contribution < -0.4 is 5.32 Å². The highest BCUT2D eigenvalue weighted by molar-refractivity contribution is 5.81. The summed E-state index contributed by atoms with van der Waals surface area (Å²) < 4.78 is 0. The van der Waals surface area contributed by atoms with Gasteiger partial charge in [-0.3, -0.25) is 4.79 Å². The highest BCUT2D eigenvalue weighted by Gasteiger charge is 2.00. The Kier molecular flexibility index (Phi) is 5.70. The van der Waals surface area contributed by atoms with Crippen LogP contribution in [0.1, 0.15) is 12.8 Å². The van der Waals surface area contributed by atoms with Crippen molar-refractivity contribution in [3.8, 4) is 0 Å². The van der Waals surface area contributed by atoms with Gasteiger partial charge < -0.3 is 5.32 Å². The molecule has 0 atom stereocenters. The maximum Gasteiger partial charge on any atom is 0.142 e. The molecule has 0 radical (unpaired) electrons. The number of Topliss-reactive ketones (excluding diaryl/α,β-unsaturated/α-hetero) is 1. The van der Waals surface area contributed by atoms with Crippen LogP contribution in [0.3, 0.4) is 0 Å². The van der Waals surface area contributed by atoms with Gasteiger partial charge in [0.2, 0.25) is 0 Å². The molecule has 0 aliphatic heterocycles. The minimum atomic E-state index is 0.131. The molecule has 0 saturated heterocycles. The molecule has 0 aromatic rings. The van der Waals surface area contributed by atoms with Crippen LogP contribution in [0.4, 0.5) is 0 Å². The number of rotatable bonds is 7. The summed E-state index contributed by atoms with van der Waals surface area (Å²) in [4.78, 5) is 11.0. The van der Waals surface area contributed by atoms with Gasteiger partial charge in [-0.1, -0.05) is 18.7 Å². The summed E-state index contributed by atoms with van der Waals surface area (Å²) >= 11 is 0. The van der Waals surface area contributed by atoms with E-state index in [1.54, 1.807) is 12.2 Å². The van der Waals surface area contributed by atoms with Crippen molar-refractivity contribution in [2.75, 3.05) is 6.54 Å². The van der Waals surface area contributed by atoms with Crippen LogP contribution in [0.5, 0.6) is 0 Å². The highest BCUT2D eigenvalue weighted by atomic mass is 16.1. The molecule has 12 heavy (non-hydrogen) atoms. The smallest absolute Gasteiger partial charge is 0.142 e. The van der Waals surface area contributed by atoms with E-state index in [9.17, 15) is 4.79 Å². The quantitative estimate of drug-likeness (QED) is 0.583. The van der Waals surface area contributed by atoms with E-state index in [-0.39, 0.29) is 5.78 Å². The largest absolute Gasteiger partial charge is 0.385 e. The molecular weight excluding hydrogens is 150 g/mol. The molecular formula is C10H15NO. The molecule has 0 aromatic heterocycles. The number of nitrogens with one attached hydrogen (secondary N) is 1. The van der Waals surface area contributed by atoms with Gasteiger partial charge in [0.25, 0.3) is 0 Å². The van der Waals surface area contributed by atoms with Crippen LogP contribution in [0, 0.1) is 0 Å². The van der Waals surface area contributed by atoms with Crippen LogP contribution in [0.15, 0.2) is 37.6 Å². The molecule has 2 nitrogen and oxygen atoms in total. The zero-order chi connectivity index (χ0) is 9.40. The average Bonchev–Trinajstić information content (AvgIpc) is 2.01. The minimum Gasteiger partial charge on any atom is -0.385 e. The molecule has 0 amide bonds. The molecule has 0 saturated carbocycles. The predicted octanol–water partition coefficient (Wildman–Crippen LogP) is 1.81. The van der Waals surface area contributed by atoms with Crippen LogP contribution in [0.25, 0.3) is 0 Å². The Hall–Kier alpha value is -1.31. The number of hydrogen-bond acceptors (Lipinski definition) is 2. The van der Waals surface area contributed by atoms with Gasteiger partial charge in [-0.2, -0.15) is 0 Å². The molecule has 0 aromatic carbocycles. The molecule has 0 fully saturated rings. The zero-order valence-electron chi connectivity index (χ0n) is 7.31. The molecule has 0 aliphatic carbocycles. The lowest BCUT2D eigenvalue weighted by Crippen LogP contribution is -2.14. The Morgan fingerprint density at radius 1 is 1.33 bits per heavy atom. The maximum absolute atomic E-state index is 11.0. The van der Waals surface area contributed by atoms with E-state index < -0.39 is 0 Å². The van der Waals surface area contributed by atoms with Crippen LogP contribution in [-0.2, 0) is 4.79 Å². The molecule has 0 rings (SSSR count). The molecule has 0 bridgehead atoms. The number of allylic oxidation sites excluding steroid dienone is 2. The third-order valence-electron chi connectivity index (χ3n) is 1.28. The Labute approximate surface area is 73.7 Å². The lowest BCUT2D eigenvalue weighted by Gasteiger charge is -2.04. The molecule has 0 unspecified atom stereocenters. The van der Waals surface area contributed by atoms with Crippen molar-refractivity contribution in [2.45, 2.75) is 12.8 Å². The second-order valence-electron chi connectivity index (χ2n) is 2.48. The van der Waals surface area contributed by atoms with Crippen molar-refractivity contribution in [1.82, 2.24) is 5.32 Å². The molecule has 0 heterocycles. The maximum atomic E-state index is 11.0. The lowest BCUT2D eigenvalue weighted by atomic mass is 10.2. The fourth-order valence-electron chi connectivity index (χ4n) is 0.750. The van der Waals surface area contributed by atoms with E-state index in [2.05, 4.69) is 25.1 Å². The zero-order valence-corrected chi connectivity index (χ0v) is 7.31. The molecule has 66 valence electrons. The normalized spacial score (nSPS) is 8.67. The SMILES string of the molecule is C=CCNC(=C)CC(=O)CC=C. The van der Waals surface area contributed by atoms with E-state index in [0.717, 1.165) is 5.70 Å². The van der Waals surface area contributed by atoms with Gasteiger partial charge in [-0.25, -0.2) is 0 Å². The van der Waals surface area contributed by atoms with E-state index in [1.165, 1.54) is 0 Å². The topological polar surface area (TPSA) is 29.1 Å². The summed E-state index contributed by atoms with van der Waals surface area (Å²) in [5.74, 6) is 0.131. The summed E-state index contributed by atoms with van der Waals surface area (Å²) in [5.41, 5.74) is 0.738. The van der Waals surface area contributed by atoms with Crippen LogP contribution >= 0.6 is 0 Å². The third-order valence-corrected chi connectivity index (χ3v) is 1.28. The van der Waals surface area contributed by atoms with Crippen molar-refractivity contribution in [3.05, 3.63) is 37.6 Å². The van der Waals surface area contributed by atoms with Gasteiger partial charge in [0.05, 0.1) is 0 Å². The van der Waals surface area contributed by atoms with E-state index in [0.29, 0.717) is 19.4 Å². The van der Waals surface area contributed by atoms with Crippen molar-refractivity contribution in [1.29, 1.82) is 0 Å². The Balaban J connectivity index is 3.60. The summed E-state index contributed by atoms with van der Waals surface area (Å²) in [6.07, 6.45) is 4.11. The Morgan fingerprint density at radius 3 is 2.50 bits per heavy atom. The average molecular weight is 165 g/mol. The standard InChI is InChI=1S/C10H15NO/c1-4-6-10(12)8-9(3)11-7-5-2/h4-5,11H,1-3,6-8H2. The van der Waals surface area contributed by atoms with Gasteiger partial charge in [0.1, 0.15) is 5.78 Å². The van der Waals surface area contributed by atoms with Gasteiger partial charge in [-0.15, -0.1) is 13.2 Å². The Morgan fingerprint density at radius 2 is 2.00 bits per heavy atom. The van der Waals surface area contributed by atoms with Gasteiger partial charge in [-0.05, 0) is 0 Å². The fraction of sp³-hybridized carbons (Fsp3) is 0.300. The second kappa shape index (κ2) is 6.40. The Bertz CT molecular complexity index is 194. The van der Waals surface area contributed by atoms with Crippen molar-refractivity contribution < 1.29 is 4.79 Å². The first kappa shape index (κ1) is 10.7. The monoisotopic (exact) mass is 165 g/mol. The molecule has 0 spiro atoms. The van der Waals surface area contributed by atoms with E-state index in [1.807, 2.05) is 0 Å².